The van der Waals surface area contributed by atoms with E-state index in [0.29, 0.717) is 0 Å². The number of carbonyl (C=O) groups excluding carboxylic acids is 1. The molecular weight excluding hydrogens is 154 g/mol. The van der Waals surface area contributed by atoms with Gasteiger partial charge >= 0.3 is 5.97 Å². The van der Waals surface area contributed by atoms with Gasteiger partial charge in [-0.2, -0.15) is 5.48 Å². The van der Waals surface area contributed by atoms with E-state index in [9.17, 15) is 4.79 Å². The monoisotopic (exact) mass is 165 g/mol. The summed E-state index contributed by atoms with van der Waals surface area (Å²) in [7, 11) is 1.59. The molecule has 0 spiro atoms. The number of rotatable bonds is 2. The highest BCUT2D eigenvalue weighted by Gasteiger charge is 2.26. The molecule has 0 bridgehead atoms. The zero-order valence-corrected chi connectivity index (χ0v) is 6.74. The molecule has 10 heavy (non-hydrogen) atoms. The molecule has 1 saturated carbocycles. The number of hydrogen-bond donors (Lipinski definition) is 1. The zero-order valence-electron chi connectivity index (χ0n) is 5.92. The van der Waals surface area contributed by atoms with Crippen molar-refractivity contribution >= 4 is 18.4 Å². The first-order valence-electron chi connectivity index (χ1n) is 3.22. The largest absolute Gasteiger partial charge is 0.371 e. The van der Waals surface area contributed by atoms with Gasteiger partial charge in [-0.05, 0) is 12.8 Å². The van der Waals surface area contributed by atoms with E-state index in [-0.39, 0.29) is 24.3 Å². The van der Waals surface area contributed by atoms with Crippen molar-refractivity contribution in [2.24, 2.45) is 5.92 Å². The normalized spacial score (nSPS) is 16.9. The topological polar surface area (TPSA) is 38.3 Å². The zero-order chi connectivity index (χ0) is 6.69. The van der Waals surface area contributed by atoms with E-state index >= 15 is 0 Å². The molecule has 1 fully saturated rings. The van der Waals surface area contributed by atoms with Crippen LogP contribution in [0.3, 0.4) is 0 Å². The van der Waals surface area contributed by atoms with Gasteiger partial charge in [-0.25, -0.2) is 0 Å². The summed E-state index contributed by atoms with van der Waals surface area (Å²) < 4.78 is 0. The predicted octanol–water partition coefficient (Wildman–Crippen LogP) is 0.886. The number of nitrogens with one attached hydrogen (secondary N) is 1. The fraction of sp³-hybridized carbons (Fsp3) is 0.833. The summed E-state index contributed by atoms with van der Waals surface area (Å²) in [5.41, 5.74) is 2.37. The van der Waals surface area contributed by atoms with E-state index in [1.54, 1.807) is 7.05 Å². The number of carbonyl (C=O) groups is 1. The molecule has 1 aliphatic carbocycles. The summed E-state index contributed by atoms with van der Waals surface area (Å²) in [4.78, 5) is 15.3. The van der Waals surface area contributed by atoms with Gasteiger partial charge in [0.1, 0.15) is 0 Å². The molecule has 0 atom stereocenters. The van der Waals surface area contributed by atoms with Gasteiger partial charge in [0.15, 0.2) is 0 Å². The highest BCUT2D eigenvalue weighted by atomic mass is 35.5. The van der Waals surface area contributed by atoms with Crippen molar-refractivity contribution in [3.63, 3.8) is 0 Å². The first-order valence-corrected chi connectivity index (χ1v) is 3.22. The lowest BCUT2D eigenvalue weighted by Crippen LogP contribution is -2.27. The van der Waals surface area contributed by atoms with Gasteiger partial charge < -0.3 is 4.84 Å². The summed E-state index contributed by atoms with van der Waals surface area (Å²) in [6, 6.07) is 0. The van der Waals surface area contributed by atoms with Gasteiger partial charge in [0, 0.05) is 7.05 Å². The van der Waals surface area contributed by atoms with Crippen LogP contribution in [0.1, 0.15) is 19.3 Å². The number of hydrogen-bond acceptors (Lipinski definition) is 3. The van der Waals surface area contributed by atoms with Gasteiger partial charge in [0.05, 0.1) is 5.92 Å². The molecule has 0 aromatic carbocycles. The van der Waals surface area contributed by atoms with Crippen molar-refractivity contribution in [3.8, 4) is 0 Å². The SMILES string of the molecule is CNOC(=O)C1CCC1.Cl. The van der Waals surface area contributed by atoms with Crippen molar-refractivity contribution in [2.75, 3.05) is 7.05 Å². The fourth-order valence-corrected chi connectivity index (χ4v) is 0.828. The van der Waals surface area contributed by atoms with Crippen LogP contribution >= 0.6 is 12.4 Å². The average molecular weight is 166 g/mol. The van der Waals surface area contributed by atoms with E-state index in [1.807, 2.05) is 0 Å². The summed E-state index contributed by atoms with van der Waals surface area (Å²) in [5, 5.41) is 0. The van der Waals surface area contributed by atoms with Crippen LogP contribution in [-0.2, 0) is 9.63 Å². The lowest BCUT2D eigenvalue weighted by Gasteiger charge is -2.22. The molecule has 0 heterocycles. The molecule has 1 aliphatic rings. The second-order valence-corrected chi connectivity index (χ2v) is 2.25. The quantitative estimate of drug-likeness (QED) is 0.618. The van der Waals surface area contributed by atoms with Crippen LogP contribution in [0.15, 0.2) is 0 Å². The van der Waals surface area contributed by atoms with Crippen LogP contribution in [-0.4, -0.2) is 13.0 Å². The molecule has 1 N–H and O–H groups in total. The molecule has 4 heteroatoms. The maximum atomic E-state index is 10.7. The minimum absolute atomic E-state index is 0. The smallest absolute Gasteiger partial charge is 0.327 e. The third kappa shape index (κ3) is 2.15. The molecule has 0 aliphatic heterocycles. The molecule has 0 aromatic heterocycles. The van der Waals surface area contributed by atoms with Gasteiger partial charge in [-0.1, -0.05) is 6.42 Å². The molecule has 0 amide bonds. The number of halogens is 1. The Morgan fingerprint density at radius 1 is 1.60 bits per heavy atom. The van der Waals surface area contributed by atoms with E-state index in [1.165, 1.54) is 6.42 Å². The summed E-state index contributed by atoms with van der Waals surface area (Å²) in [6.45, 7) is 0. The Morgan fingerprint density at radius 3 is 2.50 bits per heavy atom. The van der Waals surface area contributed by atoms with Crippen molar-refractivity contribution in [3.05, 3.63) is 0 Å². The van der Waals surface area contributed by atoms with Crippen LogP contribution in [0.25, 0.3) is 0 Å². The van der Waals surface area contributed by atoms with Crippen LogP contribution in [0.2, 0.25) is 0 Å². The second kappa shape index (κ2) is 4.52. The van der Waals surface area contributed by atoms with Gasteiger partial charge in [0.2, 0.25) is 0 Å². The molecule has 60 valence electrons. The van der Waals surface area contributed by atoms with E-state index < -0.39 is 0 Å². The first kappa shape index (κ1) is 9.72. The standard InChI is InChI=1S/C6H11NO2.ClH/c1-7-9-6(8)5-3-2-4-5;/h5,7H,2-4H2,1H3;1H. The van der Waals surface area contributed by atoms with Crippen LogP contribution in [0.4, 0.5) is 0 Å². The first-order chi connectivity index (χ1) is 4.34. The van der Waals surface area contributed by atoms with E-state index in [0.717, 1.165) is 12.8 Å². The van der Waals surface area contributed by atoms with E-state index in [4.69, 9.17) is 0 Å². The third-order valence-electron chi connectivity index (χ3n) is 1.64. The lowest BCUT2D eigenvalue weighted by atomic mass is 9.86. The Labute approximate surface area is 66.5 Å². The summed E-state index contributed by atoms with van der Waals surface area (Å²) in [5.74, 6) is 0.0706. The Kier molecular flexibility index (Phi) is 4.40. The van der Waals surface area contributed by atoms with E-state index in [2.05, 4.69) is 10.3 Å². The maximum Gasteiger partial charge on any atom is 0.327 e. The summed E-state index contributed by atoms with van der Waals surface area (Å²) >= 11 is 0. The molecule has 3 nitrogen and oxygen atoms in total. The Balaban J connectivity index is 0.000000810. The molecular formula is C6H12ClNO2. The third-order valence-corrected chi connectivity index (χ3v) is 1.64. The molecule has 0 aromatic rings. The highest BCUT2D eigenvalue weighted by molar-refractivity contribution is 5.85. The molecule has 0 radical (unpaired) electrons. The van der Waals surface area contributed by atoms with Gasteiger partial charge in [-0.3, -0.25) is 4.79 Å². The van der Waals surface area contributed by atoms with Crippen LogP contribution in [0, 0.1) is 5.92 Å². The predicted molar refractivity (Wildman–Crippen MR) is 39.7 cm³/mol. The number of hydroxylamine groups is 1. The average Bonchev–Trinajstić information content (AvgIpc) is 1.60. The maximum absolute atomic E-state index is 10.7. The molecule has 0 unspecified atom stereocenters. The van der Waals surface area contributed by atoms with Crippen LogP contribution < -0.4 is 5.48 Å². The highest BCUT2D eigenvalue weighted by Crippen LogP contribution is 2.26. The minimum Gasteiger partial charge on any atom is -0.371 e. The Hall–Kier alpha value is -0.280. The Bertz CT molecular complexity index is 114. The van der Waals surface area contributed by atoms with Crippen LogP contribution in [0.5, 0.6) is 0 Å². The van der Waals surface area contributed by atoms with Gasteiger partial charge in [0.25, 0.3) is 0 Å². The fourth-order valence-electron chi connectivity index (χ4n) is 0.828. The van der Waals surface area contributed by atoms with Crippen molar-refractivity contribution < 1.29 is 9.63 Å². The van der Waals surface area contributed by atoms with Crippen molar-refractivity contribution in [2.45, 2.75) is 19.3 Å². The lowest BCUT2D eigenvalue weighted by molar-refractivity contribution is -0.157. The summed E-state index contributed by atoms with van der Waals surface area (Å²) in [6.07, 6.45) is 3.17. The minimum atomic E-state index is -0.108. The molecule has 1 rings (SSSR count). The van der Waals surface area contributed by atoms with Crippen molar-refractivity contribution in [1.29, 1.82) is 0 Å². The van der Waals surface area contributed by atoms with Gasteiger partial charge in [-0.15, -0.1) is 12.4 Å². The second-order valence-electron chi connectivity index (χ2n) is 2.25. The Morgan fingerprint density at radius 2 is 2.20 bits per heavy atom. The van der Waals surface area contributed by atoms with Crippen molar-refractivity contribution in [1.82, 2.24) is 5.48 Å². The molecule has 0 saturated heterocycles.